The number of hydrogen-bond donors (Lipinski definition) is 1. The zero-order chi connectivity index (χ0) is 8.27. The van der Waals surface area contributed by atoms with Crippen LogP contribution in [0.3, 0.4) is 0 Å². The Morgan fingerprint density at radius 2 is 2.64 bits per heavy atom. The van der Waals surface area contributed by atoms with Gasteiger partial charge in [0.2, 0.25) is 0 Å². The minimum atomic E-state index is -0.880. The highest BCUT2D eigenvalue weighted by Gasteiger charge is 2.04. The van der Waals surface area contributed by atoms with E-state index in [-0.39, 0.29) is 6.42 Å². The number of hydrogen-bond acceptors (Lipinski definition) is 4. The van der Waals surface area contributed by atoms with Gasteiger partial charge in [0, 0.05) is 5.38 Å². The highest BCUT2D eigenvalue weighted by molar-refractivity contribution is 7.10. The van der Waals surface area contributed by atoms with Crippen LogP contribution in [-0.4, -0.2) is 22.8 Å². The SMILES string of the molecule is C=Nc1csc(CC(=O)O)n1. The van der Waals surface area contributed by atoms with Gasteiger partial charge in [0.15, 0.2) is 5.82 Å². The Hall–Kier alpha value is -1.23. The van der Waals surface area contributed by atoms with E-state index >= 15 is 0 Å². The van der Waals surface area contributed by atoms with Gasteiger partial charge in [-0.25, -0.2) is 9.98 Å². The fourth-order valence-corrected chi connectivity index (χ4v) is 1.31. The lowest BCUT2D eigenvalue weighted by Crippen LogP contribution is -1.98. The standard InChI is InChI=1S/C6H6N2O2S/c1-7-4-3-11-5(8-4)2-6(9)10/h3H,1-2H2,(H,9,10). The van der Waals surface area contributed by atoms with Crippen LogP contribution >= 0.6 is 11.3 Å². The van der Waals surface area contributed by atoms with Gasteiger partial charge in [0.1, 0.15) is 5.01 Å². The van der Waals surface area contributed by atoms with Crippen LogP contribution in [0, 0.1) is 0 Å². The Labute approximate surface area is 67.2 Å². The summed E-state index contributed by atoms with van der Waals surface area (Å²) in [6.07, 6.45) is -0.0415. The second-order valence-corrected chi connectivity index (χ2v) is 2.77. The molecule has 1 N–H and O–H groups in total. The quantitative estimate of drug-likeness (QED) is 0.691. The zero-order valence-electron chi connectivity index (χ0n) is 5.65. The molecule has 0 unspecified atom stereocenters. The van der Waals surface area contributed by atoms with E-state index in [0.717, 1.165) is 0 Å². The van der Waals surface area contributed by atoms with Gasteiger partial charge in [-0.3, -0.25) is 4.79 Å². The molecule has 0 amide bonds. The maximum Gasteiger partial charge on any atom is 0.310 e. The maximum atomic E-state index is 10.2. The van der Waals surface area contributed by atoms with E-state index in [1.807, 2.05) is 0 Å². The molecule has 0 aliphatic rings. The largest absolute Gasteiger partial charge is 0.481 e. The molecular weight excluding hydrogens is 164 g/mol. The van der Waals surface area contributed by atoms with Gasteiger partial charge >= 0.3 is 5.97 Å². The van der Waals surface area contributed by atoms with Crippen molar-refractivity contribution < 1.29 is 9.90 Å². The molecule has 0 spiro atoms. The molecule has 0 saturated heterocycles. The van der Waals surface area contributed by atoms with Gasteiger partial charge in [-0.2, -0.15) is 0 Å². The highest BCUT2D eigenvalue weighted by Crippen LogP contribution is 2.16. The normalized spacial score (nSPS) is 9.45. The maximum absolute atomic E-state index is 10.2. The van der Waals surface area contributed by atoms with Gasteiger partial charge in [-0.1, -0.05) is 0 Å². The van der Waals surface area contributed by atoms with Gasteiger partial charge in [0.25, 0.3) is 0 Å². The van der Waals surface area contributed by atoms with E-state index < -0.39 is 5.97 Å². The van der Waals surface area contributed by atoms with Crippen LogP contribution < -0.4 is 0 Å². The summed E-state index contributed by atoms with van der Waals surface area (Å²) < 4.78 is 0. The van der Waals surface area contributed by atoms with Crippen LogP contribution in [0.2, 0.25) is 0 Å². The average molecular weight is 170 g/mol. The summed E-state index contributed by atoms with van der Waals surface area (Å²) in [7, 11) is 0. The molecule has 0 aliphatic carbocycles. The number of aromatic nitrogens is 1. The van der Waals surface area contributed by atoms with Gasteiger partial charge in [-0.15, -0.1) is 11.3 Å². The molecule has 5 heteroatoms. The molecule has 0 radical (unpaired) electrons. The Balaban J connectivity index is 2.72. The van der Waals surface area contributed by atoms with E-state index in [4.69, 9.17) is 5.11 Å². The first-order chi connectivity index (χ1) is 5.22. The molecule has 0 saturated carbocycles. The molecule has 1 aromatic rings. The molecule has 0 aliphatic heterocycles. The fourth-order valence-electron chi connectivity index (χ4n) is 0.584. The summed E-state index contributed by atoms with van der Waals surface area (Å²) >= 11 is 1.28. The lowest BCUT2D eigenvalue weighted by molar-refractivity contribution is -0.136. The fraction of sp³-hybridized carbons (Fsp3) is 0.167. The topological polar surface area (TPSA) is 62.5 Å². The van der Waals surface area contributed by atoms with Crippen molar-refractivity contribution in [3.05, 3.63) is 10.4 Å². The van der Waals surface area contributed by atoms with Crippen molar-refractivity contribution in [2.24, 2.45) is 4.99 Å². The Morgan fingerprint density at radius 1 is 1.91 bits per heavy atom. The minimum absolute atomic E-state index is 0.0415. The van der Waals surface area contributed by atoms with Crippen LogP contribution in [0.1, 0.15) is 5.01 Å². The van der Waals surface area contributed by atoms with Gasteiger partial charge < -0.3 is 5.11 Å². The van der Waals surface area contributed by atoms with Crippen LogP contribution in [0.5, 0.6) is 0 Å². The molecule has 4 nitrogen and oxygen atoms in total. The molecule has 1 aromatic heterocycles. The number of thiazole rings is 1. The predicted molar refractivity (Wildman–Crippen MR) is 42.7 cm³/mol. The van der Waals surface area contributed by atoms with E-state index in [2.05, 4.69) is 16.7 Å². The smallest absolute Gasteiger partial charge is 0.310 e. The minimum Gasteiger partial charge on any atom is -0.481 e. The van der Waals surface area contributed by atoms with E-state index in [1.54, 1.807) is 5.38 Å². The summed E-state index contributed by atoms with van der Waals surface area (Å²) in [5.41, 5.74) is 0. The molecule has 0 aromatic carbocycles. The third-order valence-corrected chi connectivity index (χ3v) is 1.84. The zero-order valence-corrected chi connectivity index (χ0v) is 6.47. The van der Waals surface area contributed by atoms with Crippen molar-refractivity contribution in [2.45, 2.75) is 6.42 Å². The monoisotopic (exact) mass is 170 g/mol. The number of aliphatic imine (C=N–C) groups is 1. The van der Waals surface area contributed by atoms with Crippen molar-refractivity contribution in [3.8, 4) is 0 Å². The lowest BCUT2D eigenvalue weighted by atomic mass is 10.5. The Kier molecular flexibility index (Phi) is 2.32. The molecule has 0 bridgehead atoms. The van der Waals surface area contributed by atoms with Crippen LogP contribution in [-0.2, 0) is 11.2 Å². The number of carbonyl (C=O) groups is 1. The summed E-state index contributed by atoms with van der Waals surface area (Å²) in [6.45, 7) is 3.27. The van der Waals surface area contributed by atoms with Crippen molar-refractivity contribution in [3.63, 3.8) is 0 Å². The number of nitrogens with zero attached hydrogens (tertiary/aromatic N) is 2. The lowest BCUT2D eigenvalue weighted by Gasteiger charge is -1.85. The number of rotatable bonds is 3. The van der Waals surface area contributed by atoms with Crippen molar-refractivity contribution in [1.82, 2.24) is 4.98 Å². The first-order valence-electron chi connectivity index (χ1n) is 2.85. The van der Waals surface area contributed by atoms with Gasteiger partial charge in [-0.05, 0) is 6.72 Å². The second-order valence-electron chi connectivity index (χ2n) is 1.83. The highest BCUT2D eigenvalue weighted by atomic mass is 32.1. The van der Waals surface area contributed by atoms with Crippen molar-refractivity contribution in [2.75, 3.05) is 0 Å². The first kappa shape index (κ1) is 7.87. The van der Waals surface area contributed by atoms with Crippen LogP contribution in [0.4, 0.5) is 5.82 Å². The third kappa shape index (κ3) is 2.12. The van der Waals surface area contributed by atoms with Crippen molar-refractivity contribution in [1.29, 1.82) is 0 Å². The number of aliphatic carboxylic acids is 1. The molecule has 0 atom stereocenters. The van der Waals surface area contributed by atoms with E-state index in [0.29, 0.717) is 10.8 Å². The molecule has 0 fully saturated rings. The summed E-state index contributed by atoms with van der Waals surface area (Å²) in [4.78, 5) is 17.6. The molecule has 1 heterocycles. The van der Waals surface area contributed by atoms with E-state index in [1.165, 1.54) is 11.3 Å². The summed E-state index contributed by atoms with van der Waals surface area (Å²) in [5, 5.41) is 10.6. The molecule has 1 rings (SSSR count). The average Bonchev–Trinajstić information content (AvgIpc) is 2.34. The van der Waals surface area contributed by atoms with E-state index in [9.17, 15) is 4.79 Å². The van der Waals surface area contributed by atoms with Gasteiger partial charge in [0.05, 0.1) is 6.42 Å². The Bertz CT molecular complexity index is 282. The summed E-state index contributed by atoms with van der Waals surface area (Å²) in [5.74, 6) is -0.388. The first-order valence-corrected chi connectivity index (χ1v) is 3.73. The molecule has 58 valence electrons. The third-order valence-electron chi connectivity index (χ3n) is 1.00. The Morgan fingerprint density at radius 3 is 3.09 bits per heavy atom. The van der Waals surface area contributed by atoms with Crippen LogP contribution in [0.25, 0.3) is 0 Å². The predicted octanol–water partition coefficient (Wildman–Crippen LogP) is 1.10. The number of carboxylic acid groups (broad SMARTS) is 1. The second kappa shape index (κ2) is 3.25. The molecule has 11 heavy (non-hydrogen) atoms. The number of carboxylic acids is 1. The van der Waals surface area contributed by atoms with Crippen molar-refractivity contribution >= 4 is 29.8 Å². The van der Waals surface area contributed by atoms with Crippen LogP contribution in [0.15, 0.2) is 10.4 Å². The molecular formula is C6H6N2O2S. The summed E-state index contributed by atoms with van der Waals surface area (Å²) in [6, 6.07) is 0.